The number of amides is 1. The number of ether oxygens (including phenoxy) is 1. The van der Waals surface area contributed by atoms with Gasteiger partial charge in [0.25, 0.3) is 0 Å². The predicted molar refractivity (Wildman–Crippen MR) is 130 cm³/mol. The number of carbonyl (C=O) groups is 1. The summed E-state index contributed by atoms with van der Waals surface area (Å²) in [5, 5.41) is 3.68. The van der Waals surface area contributed by atoms with Crippen molar-refractivity contribution >= 4 is 39.3 Å². The number of thioether (sulfide) groups is 1. The van der Waals surface area contributed by atoms with Crippen LogP contribution >= 0.6 is 23.4 Å². The topological polar surface area (TPSA) is 75.7 Å². The number of methoxy groups -OCH3 is 1. The Hall–Kier alpha value is -1.74. The monoisotopic (exact) mass is 496 g/mol. The Morgan fingerprint density at radius 2 is 1.91 bits per heavy atom. The van der Waals surface area contributed by atoms with Crippen LogP contribution in [0.1, 0.15) is 30.4 Å². The summed E-state index contributed by atoms with van der Waals surface area (Å²) >= 11 is 7.86. The number of benzene rings is 2. The fourth-order valence-electron chi connectivity index (χ4n) is 3.59. The fourth-order valence-corrected chi connectivity index (χ4v) is 6.30. The molecule has 1 saturated heterocycles. The summed E-state index contributed by atoms with van der Waals surface area (Å²) < 4.78 is 32.6. The fraction of sp³-hybridized carbons (Fsp3) is 0.435. The highest BCUT2D eigenvalue weighted by Crippen LogP contribution is 2.27. The molecule has 1 aliphatic heterocycles. The molecule has 6 nitrogen and oxygen atoms in total. The molecule has 32 heavy (non-hydrogen) atoms. The minimum absolute atomic E-state index is 0.0711. The van der Waals surface area contributed by atoms with Crippen molar-refractivity contribution in [2.45, 2.75) is 36.3 Å². The van der Waals surface area contributed by atoms with Gasteiger partial charge in [0.2, 0.25) is 15.9 Å². The van der Waals surface area contributed by atoms with Crippen molar-refractivity contribution in [3.63, 3.8) is 0 Å². The summed E-state index contributed by atoms with van der Waals surface area (Å²) in [4.78, 5) is 12.5. The van der Waals surface area contributed by atoms with Gasteiger partial charge in [0.15, 0.2) is 0 Å². The van der Waals surface area contributed by atoms with Crippen LogP contribution in [0, 0.1) is 0 Å². The number of sulfonamides is 1. The molecule has 0 unspecified atom stereocenters. The van der Waals surface area contributed by atoms with Gasteiger partial charge < -0.3 is 10.1 Å². The SMILES string of the molecule is COc1ccc(S(=O)(=O)N2CCCC2)cc1CCC(=O)NCCSCc1ccccc1Cl. The number of rotatable bonds is 11. The van der Waals surface area contributed by atoms with Gasteiger partial charge in [-0.15, -0.1) is 0 Å². The number of halogens is 1. The molecule has 0 spiro atoms. The van der Waals surface area contributed by atoms with E-state index in [1.807, 2.05) is 24.3 Å². The quantitative estimate of drug-likeness (QED) is 0.474. The third kappa shape index (κ3) is 6.63. The first kappa shape index (κ1) is 24.9. The number of aryl methyl sites for hydroxylation is 1. The maximum Gasteiger partial charge on any atom is 0.243 e. The third-order valence-electron chi connectivity index (χ3n) is 5.36. The summed E-state index contributed by atoms with van der Waals surface area (Å²) in [6.45, 7) is 1.68. The van der Waals surface area contributed by atoms with Gasteiger partial charge in [0.1, 0.15) is 5.75 Å². The number of carbonyl (C=O) groups excluding carboxylic acids is 1. The predicted octanol–water partition coefficient (Wildman–Crippen LogP) is 4.12. The molecule has 1 N–H and O–H groups in total. The highest BCUT2D eigenvalue weighted by atomic mass is 35.5. The molecule has 2 aromatic rings. The normalized spacial score (nSPS) is 14.4. The molecule has 3 rings (SSSR count). The number of hydrogen-bond donors (Lipinski definition) is 1. The Bertz CT molecular complexity index is 1020. The second-order valence-electron chi connectivity index (χ2n) is 7.58. The summed E-state index contributed by atoms with van der Waals surface area (Å²) in [7, 11) is -1.96. The first-order valence-corrected chi connectivity index (χ1v) is 13.6. The van der Waals surface area contributed by atoms with E-state index in [-0.39, 0.29) is 17.2 Å². The average Bonchev–Trinajstić information content (AvgIpc) is 3.34. The van der Waals surface area contributed by atoms with Crippen molar-refractivity contribution < 1.29 is 17.9 Å². The van der Waals surface area contributed by atoms with Crippen molar-refractivity contribution in [2.75, 3.05) is 32.5 Å². The van der Waals surface area contributed by atoms with Gasteiger partial charge >= 0.3 is 0 Å². The molecule has 0 bridgehead atoms. The molecule has 0 aliphatic carbocycles. The molecule has 1 fully saturated rings. The molecule has 1 amide bonds. The van der Waals surface area contributed by atoms with Crippen molar-refractivity contribution in [1.82, 2.24) is 9.62 Å². The third-order valence-corrected chi connectivity index (χ3v) is 8.63. The maximum absolute atomic E-state index is 12.8. The molecule has 174 valence electrons. The standard InChI is InChI=1S/C23H29ClN2O4S2/c1-30-22-10-9-20(32(28,29)26-13-4-5-14-26)16-18(22)8-11-23(27)25-12-15-31-17-19-6-2-3-7-21(19)24/h2-3,6-7,9-10,16H,4-5,8,11-15,17H2,1H3,(H,25,27). The van der Waals surface area contributed by atoms with Gasteiger partial charge in [0.05, 0.1) is 12.0 Å². The lowest BCUT2D eigenvalue weighted by molar-refractivity contribution is -0.120. The minimum atomic E-state index is -3.51. The summed E-state index contributed by atoms with van der Waals surface area (Å²) in [5.41, 5.74) is 1.80. The Labute approximate surface area is 199 Å². The number of nitrogens with one attached hydrogen (secondary N) is 1. The molecular weight excluding hydrogens is 468 g/mol. The van der Waals surface area contributed by atoms with Crippen molar-refractivity contribution in [1.29, 1.82) is 0 Å². The molecule has 1 heterocycles. The van der Waals surface area contributed by atoms with Gasteiger partial charge in [-0.3, -0.25) is 4.79 Å². The van der Waals surface area contributed by atoms with E-state index in [9.17, 15) is 13.2 Å². The molecule has 0 atom stereocenters. The first-order chi connectivity index (χ1) is 15.4. The second kappa shape index (κ2) is 11.9. The zero-order valence-electron chi connectivity index (χ0n) is 18.2. The zero-order chi connectivity index (χ0) is 23.0. The van der Waals surface area contributed by atoms with Crippen LogP contribution in [0.3, 0.4) is 0 Å². The molecular formula is C23H29ClN2O4S2. The van der Waals surface area contributed by atoms with E-state index < -0.39 is 10.0 Å². The number of nitrogens with zero attached hydrogens (tertiary/aromatic N) is 1. The Morgan fingerprint density at radius 1 is 1.16 bits per heavy atom. The van der Waals surface area contributed by atoms with E-state index >= 15 is 0 Å². The summed E-state index contributed by atoms with van der Waals surface area (Å²) in [6.07, 6.45) is 2.45. The lowest BCUT2D eigenvalue weighted by Crippen LogP contribution is -2.28. The molecule has 2 aromatic carbocycles. The van der Waals surface area contributed by atoms with Crippen LogP contribution in [0.25, 0.3) is 0 Å². The van der Waals surface area contributed by atoms with E-state index in [0.29, 0.717) is 31.8 Å². The summed E-state index contributed by atoms with van der Waals surface area (Å²) in [6, 6.07) is 12.6. The van der Waals surface area contributed by atoms with E-state index in [2.05, 4.69) is 5.32 Å². The maximum atomic E-state index is 12.8. The Balaban J connectivity index is 1.48. The van der Waals surface area contributed by atoms with Crippen LogP contribution in [0.4, 0.5) is 0 Å². The van der Waals surface area contributed by atoms with Crippen molar-refractivity contribution in [3.05, 3.63) is 58.6 Å². The van der Waals surface area contributed by atoms with E-state index in [4.69, 9.17) is 16.3 Å². The van der Waals surface area contributed by atoms with Crippen LogP contribution in [-0.4, -0.2) is 51.1 Å². The molecule has 0 radical (unpaired) electrons. The van der Waals surface area contributed by atoms with Crippen molar-refractivity contribution in [2.24, 2.45) is 0 Å². The van der Waals surface area contributed by atoms with E-state index in [1.54, 1.807) is 37.1 Å². The lowest BCUT2D eigenvalue weighted by Gasteiger charge is -2.17. The smallest absolute Gasteiger partial charge is 0.243 e. The lowest BCUT2D eigenvalue weighted by atomic mass is 10.1. The molecule has 0 saturated carbocycles. The van der Waals surface area contributed by atoms with Crippen LogP contribution in [0.5, 0.6) is 5.75 Å². The molecule has 9 heteroatoms. The van der Waals surface area contributed by atoms with Crippen molar-refractivity contribution in [3.8, 4) is 5.75 Å². The largest absolute Gasteiger partial charge is 0.496 e. The average molecular weight is 497 g/mol. The van der Waals surface area contributed by atoms with Crippen LogP contribution < -0.4 is 10.1 Å². The van der Waals surface area contributed by atoms with E-state index in [0.717, 1.165) is 40.5 Å². The van der Waals surface area contributed by atoms with Gasteiger partial charge in [0, 0.05) is 42.6 Å². The number of hydrogen-bond acceptors (Lipinski definition) is 5. The Kier molecular flexibility index (Phi) is 9.28. The molecule has 0 aromatic heterocycles. The Morgan fingerprint density at radius 3 is 2.62 bits per heavy atom. The highest BCUT2D eigenvalue weighted by Gasteiger charge is 2.27. The van der Waals surface area contributed by atoms with Gasteiger partial charge in [-0.05, 0) is 54.7 Å². The highest BCUT2D eigenvalue weighted by molar-refractivity contribution is 7.98. The van der Waals surface area contributed by atoms with Gasteiger partial charge in [-0.25, -0.2) is 8.42 Å². The second-order valence-corrected chi connectivity index (χ2v) is 11.0. The van der Waals surface area contributed by atoms with Crippen LogP contribution in [-0.2, 0) is 27.0 Å². The van der Waals surface area contributed by atoms with Crippen LogP contribution in [0.2, 0.25) is 5.02 Å². The summed E-state index contributed by atoms with van der Waals surface area (Å²) in [5.74, 6) is 2.10. The minimum Gasteiger partial charge on any atom is -0.496 e. The first-order valence-electron chi connectivity index (χ1n) is 10.7. The van der Waals surface area contributed by atoms with Gasteiger partial charge in [-0.1, -0.05) is 29.8 Å². The van der Waals surface area contributed by atoms with E-state index in [1.165, 1.54) is 4.31 Å². The molecule has 1 aliphatic rings. The zero-order valence-corrected chi connectivity index (χ0v) is 20.6. The van der Waals surface area contributed by atoms with Gasteiger partial charge in [-0.2, -0.15) is 16.1 Å². The van der Waals surface area contributed by atoms with Crippen LogP contribution in [0.15, 0.2) is 47.4 Å².